The molecular weight excluding hydrogens is 307 g/mol. The van der Waals surface area contributed by atoms with Gasteiger partial charge in [-0.2, -0.15) is 0 Å². The second-order valence-electron chi connectivity index (χ2n) is 5.43. The number of amides is 2. The van der Waals surface area contributed by atoms with Crippen LogP contribution in [0.3, 0.4) is 0 Å². The lowest BCUT2D eigenvalue weighted by Crippen LogP contribution is -2.42. The Balaban J connectivity index is 2.40. The summed E-state index contributed by atoms with van der Waals surface area (Å²) >= 11 is 0. The summed E-state index contributed by atoms with van der Waals surface area (Å²) in [5.41, 5.74) is 1.50. The van der Waals surface area contributed by atoms with Crippen molar-refractivity contribution in [1.82, 2.24) is 10.2 Å². The highest BCUT2D eigenvalue weighted by Gasteiger charge is 2.30. The molecule has 2 aromatic carbocycles. The Morgan fingerprint density at radius 1 is 1.08 bits per heavy atom. The molecule has 2 amide bonds. The predicted octanol–water partition coefficient (Wildman–Crippen LogP) is 3.05. The average molecular weight is 328 g/mol. The second kappa shape index (κ2) is 8.24. The van der Waals surface area contributed by atoms with E-state index >= 15 is 0 Å². The first kappa shape index (κ1) is 17.7. The smallest absolute Gasteiger partial charge is 0.247 e. The summed E-state index contributed by atoms with van der Waals surface area (Å²) in [6, 6.07) is 14.4. The van der Waals surface area contributed by atoms with Gasteiger partial charge in [-0.05, 0) is 23.3 Å². The van der Waals surface area contributed by atoms with E-state index in [4.69, 9.17) is 0 Å². The highest BCUT2D eigenvalue weighted by atomic mass is 19.1. The molecule has 0 radical (unpaired) electrons. The number of nitrogens with zero attached hydrogens (tertiary/aromatic N) is 1. The Bertz CT molecular complexity index is 686. The number of nitrogens with one attached hydrogen (secondary N) is 1. The van der Waals surface area contributed by atoms with E-state index in [0.29, 0.717) is 0 Å². The maximum Gasteiger partial charge on any atom is 0.247 e. The SMILES string of the molecule is CCC(=O)N(Cc1ccc(F)cc1)[C@H](C(=O)NC)c1ccccc1. The maximum atomic E-state index is 13.1. The summed E-state index contributed by atoms with van der Waals surface area (Å²) in [7, 11) is 1.55. The van der Waals surface area contributed by atoms with Gasteiger partial charge in [-0.3, -0.25) is 9.59 Å². The molecular formula is C19H21FN2O2. The van der Waals surface area contributed by atoms with Crippen LogP contribution in [0.2, 0.25) is 0 Å². The molecule has 0 aliphatic rings. The van der Waals surface area contributed by atoms with E-state index in [1.165, 1.54) is 17.0 Å². The molecule has 2 rings (SSSR count). The summed E-state index contributed by atoms with van der Waals surface area (Å²) < 4.78 is 13.1. The molecule has 0 saturated carbocycles. The molecule has 1 N–H and O–H groups in total. The standard InChI is InChI=1S/C19H21FN2O2/c1-3-17(23)22(13-14-9-11-16(20)12-10-14)18(19(24)21-2)15-7-5-4-6-8-15/h4-12,18H,3,13H2,1-2H3,(H,21,24)/t18-/m0/s1. The average Bonchev–Trinajstić information content (AvgIpc) is 2.62. The summed E-state index contributed by atoms with van der Waals surface area (Å²) in [5, 5.41) is 2.63. The van der Waals surface area contributed by atoms with Crippen molar-refractivity contribution < 1.29 is 14.0 Å². The molecule has 0 aliphatic carbocycles. The Morgan fingerprint density at radius 2 is 1.71 bits per heavy atom. The second-order valence-corrected chi connectivity index (χ2v) is 5.43. The topological polar surface area (TPSA) is 49.4 Å². The van der Waals surface area contributed by atoms with Crippen LogP contribution in [0.15, 0.2) is 54.6 Å². The third-order valence-electron chi connectivity index (χ3n) is 3.81. The van der Waals surface area contributed by atoms with Gasteiger partial charge in [0.05, 0.1) is 0 Å². The molecule has 126 valence electrons. The zero-order valence-electron chi connectivity index (χ0n) is 13.8. The molecule has 5 heteroatoms. The fraction of sp³-hybridized carbons (Fsp3) is 0.263. The molecule has 4 nitrogen and oxygen atoms in total. The number of hydrogen-bond donors (Lipinski definition) is 1. The van der Waals surface area contributed by atoms with E-state index in [1.807, 2.05) is 30.3 Å². The van der Waals surface area contributed by atoms with Gasteiger partial charge >= 0.3 is 0 Å². The number of hydrogen-bond acceptors (Lipinski definition) is 2. The highest BCUT2D eigenvalue weighted by molar-refractivity contribution is 5.88. The van der Waals surface area contributed by atoms with Crippen LogP contribution in [0.1, 0.15) is 30.5 Å². The number of likely N-dealkylation sites (N-methyl/N-ethyl adjacent to an activating group) is 1. The summed E-state index contributed by atoms with van der Waals surface area (Å²) in [6.45, 7) is 1.99. The van der Waals surface area contributed by atoms with E-state index < -0.39 is 6.04 Å². The third kappa shape index (κ3) is 4.19. The highest BCUT2D eigenvalue weighted by Crippen LogP contribution is 2.24. The maximum absolute atomic E-state index is 13.1. The van der Waals surface area contributed by atoms with Crippen molar-refractivity contribution in [3.05, 3.63) is 71.5 Å². The zero-order chi connectivity index (χ0) is 17.5. The van der Waals surface area contributed by atoms with Crippen LogP contribution in [0.4, 0.5) is 4.39 Å². The Morgan fingerprint density at radius 3 is 2.25 bits per heavy atom. The van der Waals surface area contributed by atoms with Crippen molar-refractivity contribution >= 4 is 11.8 Å². The minimum atomic E-state index is -0.728. The van der Waals surface area contributed by atoms with E-state index in [-0.39, 0.29) is 30.6 Å². The van der Waals surface area contributed by atoms with Crippen LogP contribution in [0, 0.1) is 5.82 Å². The molecule has 0 unspecified atom stereocenters. The first-order chi connectivity index (χ1) is 11.6. The zero-order valence-corrected chi connectivity index (χ0v) is 13.8. The van der Waals surface area contributed by atoms with Gasteiger partial charge in [0.1, 0.15) is 11.9 Å². The van der Waals surface area contributed by atoms with Crippen LogP contribution in [-0.4, -0.2) is 23.8 Å². The number of rotatable bonds is 6. The number of carbonyl (C=O) groups excluding carboxylic acids is 2. The summed E-state index contributed by atoms with van der Waals surface area (Å²) in [5.74, 6) is -0.736. The van der Waals surface area contributed by atoms with Gasteiger partial charge in [0.15, 0.2) is 0 Å². The van der Waals surface area contributed by atoms with Crippen LogP contribution < -0.4 is 5.32 Å². The fourth-order valence-electron chi connectivity index (χ4n) is 2.56. The molecule has 0 aromatic heterocycles. The largest absolute Gasteiger partial charge is 0.357 e. The lowest BCUT2D eigenvalue weighted by Gasteiger charge is -2.31. The van der Waals surface area contributed by atoms with Crippen molar-refractivity contribution in [1.29, 1.82) is 0 Å². The monoisotopic (exact) mass is 328 g/mol. The molecule has 0 saturated heterocycles. The van der Waals surface area contributed by atoms with Gasteiger partial charge in [0.25, 0.3) is 0 Å². The molecule has 0 bridgehead atoms. The molecule has 0 spiro atoms. The minimum absolute atomic E-state index is 0.142. The molecule has 0 heterocycles. The van der Waals surface area contributed by atoms with E-state index in [0.717, 1.165) is 11.1 Å². The Labute approximate surface area is 141 Å². The van der Waals surface area contributed by atoms with Crippen molar-refractivity contribution in [3.8, 4) is 0 Å². The van der Waals surface area contributed by atoms with Gasteiger partial charge in [-0.1, -0.05) is 49.4 Å². The first-order valence-corrected chi connectivity index (χ1v) is 7.87. The summed E-state index contributed by atoms with van der Waals surface area (Å²) in [6.07, 6.45) is 0.279. The Hall–Kier alpha value is -2.69. The van der Waals surface area contributed by atoms with Crippen molar-refractivity contribution in [2.24, 2.45) is 0 Å². The van der Waals surface area contributed by atoms with E-state index in [9.17, 15) is 14.0 Å². The molecule has 24 heavy (non-hydrogen) atoms. The number of halogens is 1. The lowest BCUT2D eigenvalue weighted by atomic mass is 10.0. The van der Waals surface area contributed by atoms with Crippen molar-refractivity contribution in [2.45, 2.75) is 25.9 Å². The molecule has 2 aromatic rings. The Kier molecular flexibility index (Phi) is 6.07. The van der Waals surface area contributed by atoms with Crippen LogP contribution in [-0.2, 0) is 16.1 Å². The molecule has 1 atom stereocenters. The van der Waals surface area contributed by atoms with Gasteiger partial charge in [-0.15, -0.1) is 0 Å². The van der Waals surface area contributed by atoms with Gasteiger partial charge in [0, 0.05) is 20.0 Å². The minimum Gasteiger partial charge on any atom is -0.357 e. The van der Waals surface area contributed by atoms with Gasteiger partial charge in [0.2, 0.25) is 11.8 Å². The third-order valence-corrected chi connectivity index (χ3v) is 3.81. The van der Waals surface area contributed by atoms with Crippen LogP contribution in [0.25, 0.3) is 0 Å². The van der Waals surface area contributed by atoms with Crippen LogP contribution in [0.5, 0.6) is 0 Å². The summed E-state index contributed by atoms with van der Waals surface area (Å²) in [4.78, 5) is 26.5. The van der Waals surface area contributed by atoms with Crippen LogP contribution >= 0.6 is 0 Å². The van der Waals surface area contributed by atoms with Gasteiger partial charge in [-0.25, -0.2) is 4.39 Å². The number of carbonyl (C=O) groups is 2. The fourth-order valence-corrected chi connectivity index (χ4v) is 2.56. The molecule has 0 fully saturated rings. The van der Waals surface area contributed by atoms with E-state index in [2.05, 4.69) is 5.32 Å². The lowest BCUT2D eigenvalue weighted by molar-refractivity contribution is -0.141. The normalized spacial score (nSPS) is 11.6. The van der Waals surface area contributed by atoms with Crippen molar-refractivity contribution in [2.75, 3.05) is 7.05 Å². The molecule has 0 aliphatic heterocycles. The quantitative estimate of drug-likeness (QED) is 0.886. The van der Waals surface area contributed by atoms with E-state index in [1.54, 1.807) is 26.1 Å². The van der Waals surface area contributed by atoms with Crippen molar-refractivity contribution in [3.63, 3.8) is 0 Å². The van der Waals surface area contributed by atoms with Gasteiger partial charge < -0.3 is 10.2 Å². The predicted molar refractivity (Wildman–Crippen MR) is 90.5 cm³/mol. The first-order valence-electron chi connectivity index (χ1n) is 7.87. The number of benzene rings is 2.